The van der Waals surface area contributed by atoms with Gasteiger partial charge in [0.15, 0.2) is 5.65 Å². The topological polar surface area (TPSA) is 46.0 Å². The van der Waals surface area contributed by atoms with Crippen LogP contribution in [0, 0.1) is 0 Å². The Bertz CT molecular complexity index is 445. The van der Waals surface area contributed by atoms with Crippen LogP contribution < -0.4 is 0 Å². The fourth-order valence-electron chi connectivity index (χ4n) is 1.11. The standard InChI is InChI=1S/C9H7ClN2O/c10-7-3-6-1-2-8(5-13)12-9(6)11-4-7/h1-4,13H,5H2. The molecule has 0 unspecified atom stereocenters. The Morgan fingerprint density at radius 1 is 1.38 bits per heavy atom. The highest BCUT2D eigenvalue weighted by Gasteiger charge is 1.98. The van der Waals surface area contributed by atoms with Crippen LogP contribution in [0.5, 0.6) is 0 Å². The Hall–Kier alpha value is -1.19. The summed E-state index contributed by atoms with van der Waals surface area (Å²) in [5.41, 5.74) is 1.22. The van der Waals surface area contributed by atoms with Gasteiger partial charge in [-0.25, -0.2) is 9.97 Å². The van der Waals surface area contributed by atoms with Crippen molar-refractivity contribution in [2.75, 3.05) is 0 Å². The van der Waals surface area contributed by atoms with E-state index in [0.717, 1.165) is 5.39 Å². The molecule has 0 aliphatic rings. The number of aliphatic hydroxyl groups is 1. The van der Waals surface area contributed by atoms with Gasteiger partial charge in [0, 0.05) is 11.6 Å². The van der Waals surface area contributed by atoms with E-state index in [2.05, 4.69) is 9.97 Å². The lowest BCUT2D eigenvalue weighted by Gasteiger charge is -1.98. The smallest absolute Gasteiger partial charge is 0.159 e. The zero-order valence-corrected chi connectivity index (χ0v) is 7.49. The van der Waals surface area contributed by atoms with E-state index in [1.165, 1.54) is 6.20 Å². The second kappa shape index (κ2) is 3.28. The van der Waals surface area contributed by atoms with Gasteiger partial charge < -0.3 is 5.11 Å². The van der Waals surface area contributed by atoms with Gasteiger partial charge in [-0.2, -0.15) is 0 Å². The third-order valence-corrected chi connectivity index (χ3v) is 1.94. The van der Waals surface area contributed by atoms with Gasteiger partial charge >= 0.3 is 0 Å². The maximum atomic E-state index is 8.84. The van der Waals surface area contributed by atoms with Gasteiger partial charge in [-0.15, -0.1) is 0 Å². The van der Waals surface area contributed by atoms with Crippen LogP contribution in [0.25, 0.3) is 11.0 Å². The molecule has 0 saturated heterocycles. The Kier molecular flexibility index (Phi) is 2.12. The van der Waals surface area contributed by atoms with E-state index < -0.39 is 0 Å². The maximum absolute atomic E-state index is 8.84. The molecule has 4 heteroatoms. The average Bonchev–Trinajstić information content (AvgIpc) is 2.17. The van der Waals surface area contributed by atoms with Crippen molar-refractivity contribution < 1.29 is 5.11 Å². The Labute approximate surface area is 80.0 Å². The molecule has 0 radical (unpaired) electrons. The zero-order chi connectivity index (χ0) is 9.26. The third kappa shape index (κ3) is 1.61. The van der Waals surface area contributed by atoms with Crippen LogP contribution in [-0.4, -0.2) is 15.1 Å². The summed E-state index contributed by atoms with van der Waals surface area (Å²) in [4.78, 5) is 8.15. The Balaban J connectivity index is 2.66. The molecule has 0 amide bonds. The van der Waals surface area contributed by atoms with E-state index in [1.54, 1.807) is 12.1 Å². The van der Waals surface area contributed by atoms with Gasteiger partial charge in [0.25, 0.3) is 0 Å². The summed E-state index contributed by atoms with van der Waals surface area (Å²) in [6, 6.07) is 5.38. The van der Waals surface area contributed by atoms with E-state index in [1.807, 2.05) is 6.07 Å². The predicted molar refractivity (Wildman–Crippen MR) is 50.5 cm³/mol. The minimum Gasteiger partial charge on any atom is -0.390 e. The highest BCUT2D eigenvalue weighted by molar-refractivity contribution is 6.31. The molecule has 2 aromatic rings. The molecule has 0 atom stereocenters. The van der Waals surface area contributed by atoms with Crippen molar-refractivity contribution in [3.05, 3.63) is 35.1 Å². The van der Waals surface area contributed by atoms with E-state index in [9.17, 15) is 0 Å². The second-order valence-corrected chi connectivity index (χ2v) is 3.10. The normalized spacial score (nSPS) is 10.6. The number of aromatic nitrogens is 2. The molecule has 2 aromatic heterocycles. The molecule has 3 nitrogen and oxygen atoms in total. The van der Waals surface area contributed by atoms with E-state index >= 15 is 0 Å². The molecule has 0 saturated carbocycles. The molecule has 0 aliphatic carbocycles. The predicted octanol–water partition coefficient (Wildman–Crippen LogP) is 1.78. The summed E-state index contributed by atoms with van der Waals surface area (Å²) < 4.78 is 0. The number of pyridine rings is 2. The SMILES string of the molecule is OCc1ccc2cc(Cl)cnc2n1. The first-order chi connectivity index (χ1) is 6.29. The van der Waals surface area contributed by atoms with Crippen LogP contribution in [0.3, 0.4) is 0 Å². The highest BCUT2D eigenvalue weighted by atomic mass is 35.5. The van der Waals surface area contributed by atoms with Crippen molar-refractivity contribution in [3.8, 4) is 0 Å². The quantitative estimate of drug-likeness (QED) is 0.753. The van der Waals surface area contributed by atoms with E-state index in [-0.39, 0.29) is 6.61 Å². The lowest BCUT2D eigenvalue weighted by atomic mass is 10.2. The molecule has 13 heavy (non-hydrogen) atoms. The number of hydrogen-bond acceptors (Lipinski definition) is 3. The molecule has 0 fully saturated rings. The number of fused-ring (bicyclic) bond motifs is 1. The van der Waals surface area contributed by atoms with Crippen LogP contribution in [0.15, 0.2) is 24.4 Å². The fraction of sp³-hybridized carbons (Fsp3) is 0.111. The van der Waals surface area contributed by atoms with Gasteiger partial charge in [0.1, 0.15) is 0 Å². The summed E-state index contributed by atoms with van der Waals surface area (Å²) in [6.45, 7) is -0.0692. The molecule has 0 aliphatic heterocycles. The molecule has 0 aromatic carbocycles. The molecule has 0 bridgehead atoms. The van der Waals surface area contributed by atoms with Crippen LogP contribution in [-0.2, 0) is 6.61 Å². The van der Waals surface area contributed by atoms with Crippen LogP contribution in [0.4, 0.5) is 0 Å². The lowest BCUT2D eigenvalue weighted by Crippen LogP contribution is -1.90. The monoisotopic (exact) mass is 194 g/mol. The minimum atomic E-state index is -0.0692. The summed E-state index contributed by atoms with van der Waals surface area (Å²) in [5.74, 6) is 0. The molecule has 1 N–H and O–H groups in total. The second-order valence-electron chi connectivity index (χ2n) is 2.66. The van der Waals surface area contributed by atoms with Crippen LogP contribution in [0.2, 0.25) is 5.02 Å². The first-order valence-corrected chi connectivity index (χ1v) is 4.19. The number of rotatable bonds is 1. The molecular formula is C9H7ClN2O. The first-order valence-electron chi connectivity index (χ1n) is 3.81. The average molecular weight is 195 g/mol. The fourth-order valence-corrected chi connectivity index (χ4v) is 1.28. The van der Waals surface area contributed by atoms with Gasteiger partial charge in [0.05, 0.1) is 17.3 Å². The van der Waals surface area contributed by atoms with Gasteiger partial charge in [-0.3, -0.25) is 0 Å². The summed E-state index contributed by atoms with van der Waals surface area (Å²) in [7, 11) is 0. The summed E-state index contributed by atoms with van der Waals surface area (Å²) in [6.07, 6.45) is 1.54. The van der Waals surface area contributed by atoms with Crippen LogP contribution >= 0.6 is 11.6 Å². The summed E-state index contributed by atoms with van der Waals surface area (Å²) in [5, 5.41) is 10.3. The maximum Gasteiger partial charge on any atom is 0.159 e. The largest absolute Gasteiger partial charge is 0.390 e. The molecule has 66 valence electrons. The number of aliphatic hydroxyl groups excluding tert-OH is 1. The molecule has 2 heterocycles. The highest BCUT2D eigenvalue weighted by Crippen LogP contribution is 2.15. The molecule has 0 spiro atoms. The zero-order valence-electron chi connectivity index (χ0n) is 6.74. The van der Waals surface area contributed by atoms with Crippen molar-refractivity contribution in [1.82, 2.24) is 9.97 Å². The number of nitrogens with zero attached hydrogens (tertiary/aromatic N) is 2. The van der Waals surface area contributed by atoms with Gasteiger partial charge in [0.2, 0.25) is 0 Å². The van der Waals surface area contributed by atoms with Crippen molar-refractivity contribution in [1.29, 1.82) is 0 Å². The Morgan fingerprint density at radius 2 is 2.23 bits per heavy atom. The first kappa shape index (κ1) is 8.41. The third-order valence-electron chi connectivity index (χ3n) is 1.73. The number of halogens is 1. The van der Waals surface area contributed by atoms with Crippen molar-refractivity contribution in [2.45, 2.75) is 6.61 Å². The van der Waals surface area contributed by atoms with Crippen molar-refractivity contribution in [2.24, 2.45) is 0 Å². The Morgan fingerprint density at radius 3 is 3.00 bits per heavy atom. The van der Waals surface area contributed by atoms with Crippen molar-refractivity contribution in [3.63, 3.8) is 0 Å². The molecule has 2 rings (SSSR count). The van der Waals surface area contributed by atoms with Gasteiger partial charge in [-0.05, 0) is 18.2 Å². The number of hydrogen-bond donors (Lipinski definition) is 1. The van der Waals surface area contributed by atoms with Gasteiger partial charge in [-0.1, -0.05) is 11.6 Å². The minimum absolute atomic E-state index is 0.0692. The summed E-state index contributed by atoms with van der Waals surface area (Å²) >= 11 is 5.75. The van der Waals surface area contributed by atoms with E-state index in [0.29, 0.717) is 16.4 Å². The lowest BCUT2D eigenvalue weighted by molar-refractivity contribution is 0.277. The van der Waals surface area contributed by atoms with Crippen LogP contribution in [0.1, 0.15) is 5.69 Å². The van der Waals surface area contributed by atoms with Crippen molar-refractivity contribution >= 4 is 22.6 Å². The molecular weight excluding hydrogens is 188 g/mol. The van der Waals surface area contributed by atoms with E-state index in [4.69, 9.17) is 16.7 Å².